The van der Waals surface area contributed by atoms with Gasteiger partial charge in [-0.25, -0.2) is 4.79 Å². The fourth-order valence-corrected chi connectivity index (χ4v) is 3.15. The van der Waals surface area contributed by atoms with Gasteiger partial charge in [-0.05, 0) is 48.9 Å². The lowest BCUT2D eigenvalue weighted by atomic mass is 10.1. The second-order valence-corrected chi connectivity index (χ2v) is 6.97. The predicted octanol–water partition coefficient (Wildman–Crippen LogP) is 5.27. The van der Waals surface area contributed by atoms with Gasteiger partial charge < -0.3 is 18.8 Å². The molecule has 6 nitrogen and oxygen atoms in total. The fraction of sp³-hybridized carbons (Fsp3) is 0.259. The maximum atomic E-state index is 11.9. The van der Waals surface area contributed by atoms with Crippen molar-refractivity contribution in [3.8, 4) is 34.9 Å². The van der Waals surface area contributed by atoms with Crippen LogP contribution in [0.5, 0.6) is 5.75 Å². The summed E-state index contributed by atoms with van der Waals surface area (Å²) in [6.07, 6.45) is 10.2. The number of benzene rings is 2. The zero-order chi connectivity index (χ0) is 22.9. The molecule has 0 spiro atoms. The third kappa shape index (κ3) is 6.75. The SMILES string of the molecule is C.C#Cc1cn(-c2ccc(C(=O)OCC)cc2)cc1-c1cccc(OCCCOC(C)=O)c1. The standard InChI is InChI=1S/C26H25NO5.CH4/c1-4-20-17-27(23-12-10-21(11-13-23)26(29)30-5-2)18-25(20)22-8-6-9-24(16-22)32-15-7-14-31-19(3)28;/h1,6,8-13,16-18H,5,7,14-15H2,2-3H3;1H4. The Hall–Kier alpha value is -3.98. The molecular weight excluding hydrogens is 418 g/mol. The first kappa shape index (κ1) is 25.3. The van der Waals surface area contributed by atoms with E-state index in [1.807, 2.05) is 53.4 Å². The van der Waals surface area contributed by atoms with Crippen LogP contribution in [-0.2, 0) is 14.3 Å². The number of nitrogens with zero attached hydrogens (tertiary/aromatic N) is 1. The minimum absolute atomic E-state index is 0. The molecule has 0 bridgehead atoms. The van der Waals surface area contributed by atoms with Crippen molar-refractivity contribution in [2.24, 2.45) is 0 Å². The first-order valence-corrected chi connectivity index (χ1v) is 10.3. The Morgan fingerprint density at radius 1 is 1.03 bits per heavy atom. The summed E-state index contributed by atoms with van der Waals surface area (Å²) >= 11 is 0. The maximum absolute atomic E-state index is 11.9. The summed E-state index contributed by atoms with van der Waals surface area (Å²) in [7, 11) is 0. The number of rotatable bonds is 9. The first-order chi connectivity index (χ1) is 15.5. The highest BCUT2D eigenvalue weighted by molar-refractivity contribution is 5.89. The molecule has 0 amide bonds. The van der Waals surface area contributed by atoms with Gasteiger partial charge >= 0.3 is 11.9 Å². The summed E-state index contributed by atoms with van der Waals surface area (Å²) < 4.78 is 17.6. The predicted molar refractivity (Wildman–Crippen MR) is 129 cm³/mol. The summed E-state index contributed by atoms with van der Waals surface area (Å²) in [5.74, 6) is 2.80. The first-order valence-electron chi connectivity index (χ1n) is 10.3. The monoisotopic (exact) mass is 447 g/mol. The molecular formula is C27H29NO5. The van der Waals surface area contributed by atoms with Gasteiger partial charge in [0.2, 0.25) is 0 Å². The fourth-order valence-electron chi connectivity index (χ4n) is 3.15. The van der Waals surface area contributed by atoms with E-state index < -0.39 is 0 Å². The molecule has 2 aromatic carbocycles. The van der Waals surface area contributed by atoms with E-state index in [1.54, 1.807) is 19.1 Å². The summed E-state index contributed by atoms with van der Waals surface area (Å²) in [5.41, 5.74) is 3.94. The van der Waals surface area contributed by atoms with Gasteiger partial charge in [-0.2, -0.15) is 0 Å². The topological polar surface area (TPSA) is 66.8 Å². The molecule has 1 heterocycles. The number of esters is 2. The average Bonchev–Trinajstić information content (AvgIpc) is 3.24. The van der Waals surface area contributed by atoms with E-state index >= 15 is 0 Å². The Morgan fingerprint density at radius 2 is 1.79 bits per heavy atom. The molecule has 0 fully saturated rings. The van der Waals surface area contributed by atoms with Crippen LogP contribution >= 0.6 is 0 Å². The van der Waals surface area contributed by atoms with Gasteiger partial charge in [0.1, 0.15) is 5.75 Å². The molecule has 172 valence electrons. The number of carbonyl (C=O) groups excluding carboxylic acids is 2. The Morgan fingerprint density at radius 3 is 2.45 bits per heavy atom. The zero-order valence-electron chi connectivity index (χ0n) is 18.2. The molecule has 1 aromatic heterocycles. The number of ether oxygens (including phenoxy) is 3. The number of terminal acetylenes is 1. The number of hydrogen-bond donors (Lipinski definition) is 0. The highest BCUT2D eigenvalue weighted by Gasteiger charge is 2.11. The molecule has 0 aliphatic heterocycles. The van der Waals surface area contributed by atoms with E-state index in [0.29, 0.717) is 37.6 Å². The molecule has 33 heavy (non-hydrogen) atoms. The van der Waals surface area contributed by atoms with Crippen LogP contribution in [0.4, 0.5) is 0 Å². The van der Waals surface area contributed by atoms with E-state index in [-0.39, 0.29) is 19.4 Å². The van der Waals surface area contributed by atoms with Gasteiger partial charge in [-0.1, -0.05) is 25.5 Å². The van der Waals surface area contributed by atoms with Gasteiger partial charge in [0.05, 0.1) is 30.9 Å². The lowest BCUT2D eigenvalue weighted by Gasteiger charge is -2.08. The third-order valence-electron chi connectivity index (χ3n) is 4.67. The van der Waals surface area contributed by atoms with Crippen LogP contribution in [0.2, 0.25) is 0 Å². The third-order valence-corrected chi connectivity index (χ3v) is 4.67. The highest BCUT2D eigenvalue weighted by atomic mass is 16.5. The molecule has 0 aliphatic carbocycles. The molecule has 0 saturated carbocycles. The smallest absolute Gasteiger partial charge is 0.338 e. The quantitative estimate of drug-likeness (QED) is 0.254. The van der Waals surface area contributed by atoms with Crippen molar-refractivity contribution in [1.82, 2.24) is 4.57 Å². The second kappa shape index (κ2) is 12.2. The summed E-state index contributed by atoms with van der Waals surface area (Å²) in [6, 6.07) is 14.8. The van der Waals surface area contributed by atoms with Crippen molar-refractivity contribution < 1.29 is 23.8 Å². The molecule has 0 atom stereocenters. The Balaban J connectivity index is 0.00000385. The van der Waals surface area contributed by atoms with Crippen molar-refractivity contribution in [2.75, 3.05) is 19.8 Å². The van der Waals surface area contributed by atoms with Gasteiger partial charge in [0, 0.05) is 37.0 Å². The number of aromatic nitrogens is 1. The number of carbonyl (C=O) groups is 2. The van der Waals surface area contributed by atoms with E-state index in [2.05, 4.69) is 5.92 Å². The van der Waals surface area contributed by atoms with Gasteiger partial charge in [-0.15, -0.1) is 6.42 Å². The van der Waals surface area contributed by atoms with Crippen LogP contribution in [0, 0.1) is 12.3 Å². The van der Waals surface area contributed by atoms with Crippen molar-refractivity contribution in [3.05, 3.63) is 72.1 Å². The highest BCUT2D eigenvalue weighted by Crippen LogP contribution is 2.29. The molecule has 3 aromatic rings. The van der Waals surface area contributed by atoms with Crippen LogP contribution in [0.1, 0.15) is 43.6 Å². The molecule has 3 rings (SSSR count). The van der Waals surface area contributed by atoms with Crippen LogP contribution in [-0.4, -0.2) is 36.3 Å². The average molecular weight is 448 g/mol. The Kier molecular flexibility index (Phi) is 9.31. The largest absolute Gasteiger partial charge is 0.493 e. The summed E-state index contributed by atoms with van der Waals surface area (Å²) in [5, 5.41) is 0. The molecule has 0 unspecified atom stereocenters. The summed E-state index contributed by atoms with van der Waals surface area (Å²) in [6.45, 7) is 4.26. The van der Waals surface area contributed by atoms with Gasteiger partial charge in [-0.3, -0.25) is 4.79 Å². The lowest BCUT2D eigenvalue weighted by molar-refractivity contribution is -0.141. The van der Waals surface area contributed by atoms with Crippen LogP contribution in [0.3, 0.4) is 0 Å². The minimum atomic E-state index is -0.346. The normalized spacial score (nSPS) is 9.97. The Labute approximate surface area is 195 Å². The van der Waals surface area contributed by atoms with Gasteiger partial charge in [0.15, 0.2) is 0 Å². The maximum Gasteiger partial charge on any atom is 0.338 e. The molecule has 0 radical (unpaired) electrons. The van der Waals surface area contributed by atoms with Crippen molar-refractivity contribution in [2.45, 2.75) is 27.7 Å². The van der Waals surface area contributed by atoms with Crippen molar-refractivity contribution in [3.63, 3.8) is 0 Å². The Bertz CT molecular complexity index is 1120. The van der Waals surface area contributed by atoms with Crippen molar-refractivity contribution in [1.29, 1.82) is 0 Å². The van der Waals surface area contributed by atoms with Crippen molar-refractivity contribution >= 4 is 11.9 Å². The number of hydrogen-bond acceptors (Lipinski definition) is 5. The minimum Gasteiger partial charge on any atom is -0.493 e. The van der Waals surface area contributed by atoms with Crippen LogP contribution < -0.4 is 4.74 Å². The van der Waals surface area contributed by atoms with Gasteiger partial charge in [0.25, 0.3) is 0 Å². The van der Waals surface area contributed by atoms with E-state index in [1.165, 1.54) is 6.92 Å². The molecule has 0 saturated heterocycles. The van der Waals surface area contributed by atoms with E-state index in [9.17, 15) is 9.59 Å². The molecule has 6 heteroatoms. The lowest BCUT2D eigenvalue weighted by Crippen LogP contribution is -2.05. The molecule has 0 N–H and O–H groups in total. The van der Waals surface area contributed by atoms with E-state index in [4.69, 9.17) is 20.6 Å². The van der Waals surface area contributed by atoms with Crippen LogP contribution in [0.25, 0.3) is 16.8 Å². The second-order valence-electron chi connectivity index (χ2n) is 6.97. The molecule has 0 aliphatic rings. The van der Waals surface area contributed by atoms with E-state index in [0.717, 1.165) is 22.4 Å². The van der Waals surface area contributed by atoms with Crippen LogP contribution in [0.15, 0.2) is 60.9 Å². The summed E-state index contributed by atoms with van der Waals surface area (Å²) in [4.78, 5) is 22.7. The zero-order valence-corrected chi connectivity index (χ0v) is 18.2.